The average Bonchev–Trinajstić information content (AvgIpc) is 2.70. The van der Waals surface area contributed by atoms with E-state index < -0.39 is 6.04 Å². The molecule has 2 rings (SSSR count). The predicted octanol–water partition coefficient (Wildman–Crippen LogP) is 2.63. The van der Waals surface area contributed by atoms with Gasteiger partial charge >= 0.3 is 0 Å². The fourth-order valence-electron chi connectivity index (χ4n) is 2.51. The van der Waals surface area contributed by atoms with E-state index in [2.05, 4.69) is 0 Å². The van der Waals surface area contributed by atoms with E-state index in [1.807, 2.05) is 30.3 Å². The first kappa shape index (κ1) is 19.6. The normalized spacial score (nSPS) is 11.5. The number of likely N-dealkylation sites (N-methyl/N-ethyl adjacent to an activating group) is 1. The number of carbonyl (C=O) groups is 1. The SMILES string of the molecule is COc1cc(OC)cc(OCCCN(C)C(=O)C(N)c2ccccc2)c1. The molecule has 0 saturated heterocycles. The van der Waals surface area contributed by atoms with E-state index >= 15 is 0 Å². The summed E-state index contributed by atoms with van der Waals surface area (Å²) in [5.41, 5.74) is 6.86. The molecule has 6 nitrogen and oxygen atoms in total. The van der Waals surface area contributed by atoms with Crippen molar-refractivity contribution in [1.82, 2.24) is 4.90 Å². The molecule has 0 aliphatic carbocycles. The van der Waals surface area contributed by atoms with Crippen LogP contribution in [0.25, 0.3) is 0 Å². The van der Waals surface area contributed by atoms with Crippen molar-refractivity contribution in [3.8, 4) is 17.2 Å². The summed E-state index contributed by atoms with van der Waals surface area (Å²) in [6.07, 6.45) is 0.684. The van der Waals surface area contributed by atoms with Crippen molar-refractivity contribution >= 4 is 5.91 Å². The highest BCUT2D eigenvalue weighted by Gasteiger charge is 2.19. The molecule has 0 saturated carbocycles. The first-order valence-corrected chi connectivity index (χ1v) is 8.46. The van der Waals surface area contributed by atoms with Crippen LogP contribution in [0.5, 0.6) is 17.2 Å². The van der Waals surface area contributed by atoms with Gasteiger partial charge in [-0.3, -0.25) is 4.79 Å². The van der Waals surface area contributed by atoms with Crippen molar-refractivity contribution in [2.75, 3.05) is 34.4 Å². The Labute approximate surface area is 154 Å². The average molecular weight is 358 g/mol. The number of nitrogens with zero attached hydrogens (tertiary/aromatic N) is 1. The maximum atomic E-state index is 12.4. The van der Waals surface area contributed by atoms with Crippen LogP contribution in [0.15, 0.2) is 48.5 Å². The lowest BCUT2D eigenvalue weighted by Gasteiger charge is -2.21. The van der Waals surface area contributed by atoms with Crippen molar-refractivity contribution < 1.29 is 19.0 Å². The van der Waals surface area contributed by atoms with Gasteiger partial charge in [0.15, 0.2) is 0 Å². The van der Waals surface area contributed by atoms with E-state index in [-0.39, 0.29) is 5.91 Å². The van der Waals surface area contributed by atoms with Gasteiger partial charge in [-0.1, -0.05) is 30.3 Å². The molecule has 6 heteroatoms. The third-order valence-electron chi connectivity index (χ3n) is 4.03. The molecule has 2 aromatic rings. The van der Waals surface area contributed by atoms with Gasteiger partial charge in [0.2, 0.25) is 5.91 Å². The van der Waals surface area contributed by atoms with Gasteiger partial charge in [-0.25, -0.2) is 0 Å². The predicted molar refractivity (Wildman–Crippen MR) is 101 cm³/mol. The molecule has 2 N–H and O–H groups in total. The zero-order chi connectivity index (χ0) is 18.9. The molecular formula is C20H26N2O4. The minimum atomic E-state index is -0.648. The number of hydrogen-bond acceptors (Lipinski definition) is 5. The number of hydrogen-bond donors (Lipinski definition) is 1. The molecule has 26 heavy (non-hydrogen) atoms. The number of nitrogens with two attached hydrogens (primary N) is 1. The molecule has 140 valence electrons. The maximum absolute atomic E-state index is 12.4. The second-order valence-corrected chi connectivity index (χ2v) is 5.90. The molecule has 0 aliphatic heterocycles. The summed E-state index contributed by atoms with van der Waals surface area (Å²) >= 11 is 0. The van der Waals surface area contributed by atoms with Crippen LogP contribution in [0.2, 0.25) is 0 Å². The third kappa shape index (κ3) is 5.39. The van der Waals surface area contributed by atoms with Crippen LogP contribution in [-0.2, 0) is 4.79 Å². The number of benzene rings is 2. The first-order valence-electron chi connectivity index (χ1n) is 8.46. The summed E-state index contributed by atoms with van der Waals surface area (Å²) in [5.74, 6) is 1.89. The second-order valence-electron chi connectivity index (χ2n) is 5.90. The molecular weight excluding hydrogens is 332 g/mol. The summed E-state index contributed by atoms with van der Waals surface area (Å²) in [7, 11) is 4.93. The van der Waals surface area contributed by atoms with E-state index in [9.17, 15) is 4.79 Å². The Balaban J connectivity index is 1.81. The molecule has 0 radical (unpaired) electrons. The van der Waals surface area contributed by atoms with Gasteiger partial charge in [0.05, 0.1) is 20.8 Å². The largest absolute Gasteiger partial charge is 0.496 e. The topological polar surface area (TPSA) is 74.0 Å². The second kappa shape index (κ2) is 9.68. The van der Waals surface area contributed by atoms with Crippen LogP contribution in [0.4, 0.5) is 0 Å². The number of ether oxygens (including phenoxy) is 3. The third-order valence-corrected chi connectivity index (χ3v) is 4.03. The Bertz CT molecular complexity index is 684. The van der Waals surface area contributed by atoms with Gasteiger partial charge in [-0.2, -0.15) is 0 Å². The van der Waals surface area contributed by atoms with E-state index in [0.29, 0.717) is 36.8 Å². The number of rotatable bonds is 9. The van der Waals surface area contributed by atoms with Crippen molar-refractivity contribution in [1.29, 1.82) is 0 Å². The minimum Gasteiger partial charge on any atom is -0.496 e. The van der Waals surface area contributed by atoms with Crippen LogP contribution < -0.4 is 19.9 Å². The van der Waals surface area contributed by atoms with Crippen molar-refractivity contribution in [2.24, 2.45) is 5.73 Å². The molecule has 0 aliphatic rings. The zero-order valence-corrected chi connectivity index (χ0v) is 15.5. The van der Waals surface area contributed by atoms with E-state index in [0.717, 1.165) is 5.56 Å². The standard InChI is InChI=1S/C20H26N2O4/c1-22(20(23)19(21)15-8-5-4-6-9-15)10-7-11-26-18-13-16(24-2)12-17(14-18)25-3/h4-6,8-9,12-14,19H,7,10-11,21H2,1-3H3. The zero-order valence-electron chi connectivity index (χ0n) is 15.5. The van der Waals surface area contributed by atoms with E-state index in [4.69, 9.17) is 19.9 Å². The first-order chi connectivity index (χ1) is 12.5. The lowest BCUT2D eigenvalue weighted by atomic mass is 10.1. The Morgan fingerprint density at radius 3 is 2.19 bits per heavy atom. The highest BCUT2D eigenvalue weighted by molar-refractivity contribution is 5.82. The van der Waals surface area contributed by atoms with E-state index in [1.165, 1.54) is 0 Å². The monoisotopic (exact) mass is 358 g/mol. The van der Waals surface area contributed by atoms with Gasteiger partial charge < -0.3 is 24.8 Å². The highest BCUT2D eigenvalue weighted by atomic mass is 16.5. The quantitative estimate of drug-likeness (QED) is 0.698. The number of carbonyl (C=O) groups excluding carboxylic acids is 1. The molecule has 0 heterocycles. The van der Waals surface area contributed by atoms with Crippen molar-refractivity contribution in [3.05, 3.63) is 54.1 Å². The van der Waals surface area contributed by atoms with Gasteiger partial charge in [0.1, 0.15) is 23.3 Å². The van der Waals surface area contributed by atoms with Crippen LogP contribution in [0.1, 0.15) is 18.0 Å². The summed E-state index contributed by atoms with van der Waals surface area (Å²) in [6, 6.07) is 14.1. The van der Waals surface area contributed by atoms with Gasteiger partial charge in [0.25, 0.3) is 0 Å². The molecule has 1 atom stereocenters. The maximum Gasteiger partial charge on any atom is 0.243 e. The summed E-state index contributed by atoms with van der Waals surface area (Å²) < 4.78 is 16.2. The molecule has 0 spiro atoms. The fraction of sp³-hybridized carbons (Fsp3) is 0.350. The lowest BCUT2D eigenvalue weighted by Crippen LogP contribution is -2.36. The van der Waals surface area contributed by atoms with Crippen LogP contribution in [-0.4, -0.2) is 45.2 Å². The molecule has 0 fully saturated rings. The Morgan fingerprint density at radius 2 is 1.62 bits per heavy atom. The molecule has 1 unspecified atom stereocenters. The van der Waals surface area contributed by atoms with Crippen LogP contribution in [0, 0.1) is 0 Å². The molecule has 0 bridgehead atoms. The van der Waals surface area contributed by atoms with Gasteiger partial charge in [0, 0.05) is 31.8 Å². The smallest absolute Gasteiger partial charge is 0.243 e. The van der Waals surface area contributed by atoms with Crippen LogP contribution >= 0.6 is 0 Å². The summed E-state index contributed by atoms with van der Waals surface area (Å²) in [6.45, 7) is 1.02. The summed E-state index contributed by atoms with van der Waals surface area (Å²) in [4.78, 5) is 14.0. The number of amides is 1. The minimum absolute atomic E-state index is 0.112. The lowest BCUT2D eigenvalue weighted by molar-refractivity contribution is -0.131. The number of methoxy groups -OCH3 is 2. The Hall–Kier alpha value is -2.73. The van der Waals surface area contributed by atoms with Gasteiger partial charge in [-0.05, 0) is 12.0 Å². The van der Waals surface area contributed by atoms with Crippen LogP contribution in [0.3, 0.4) is 0 Å². The molecule has 2 aromatic carbocycles. The fourth-order valence-corrected chi connectivity index (χ4v) is 2.51. The highest BCUT2D eigenvalue weighted by Crippen LogP contribution is 2.27. The van der Waals surface area contributed by atoms with Crippen molar-refractivity contribution in [3.63, 3.8) is 0 Å². The Morgan fingerprint density at radius 1 is 1.04 bits per heavy atom. The molecule has 0 aromatic heterocycles. The Kier molecular flexibility index (Phi) is 7.29. The van der Waals surface area contributed by atoms with Gasteiger partial charge in [-0.15, -0.1) is 0 Å². The molecule has 1 amide bonds. The van der Waals surface area contributed by atoms with Crippen molar-refractivity contribution in [2.45, 2.75) is 12.5 Å². The summed E-state index contributed by atoms with van der Waals surface area (Å²) in [5, 5.41) is 0. The van der Waals surface area contributed by atoms with E-state index in [1.54, 1.807) is 44.4 Å².